The van der Waals surface area contributed by atoms with E-state index in [-0.39, 0.29) is 17.6 Å². The average molecular weight is 322 g/mol. The summed E-state index contributed by atoms with van der Waals surface area (Å²) in [5.41, 5.74) is 1.90. The van der Waals surface area contributed by atoms with Crippen molar-refractivity contribution >= 4 is 21.6 Å². The minimum Gasteiger partial charge on any atom is -0.343 e. The van der Waals surface area contributed by atoms with Gasteiger partial charge in [0, 0.05) is 32.0 Å². The second-order valence-electron chi connectivity index (χ2n) is 5.96. The van der Waals surface area contributed by atoms with Gasteiger partial charge in [0.15, 0.2) is 0 Å². The van der Waals surface area contributed by atoms with E-state index in [4.69, 9.17) is 0 Å². The number of carbonyl (C=O) groups excluding carboxylic acids is 1. The Morgan fingerprint density at radius 1 is 1.27 bits per heavy atom. The van der Waals surface area contributed by atoms with Crippen molar-refractivity contribution in [2.45, 2.75) is 32.1 Å². The maximum absolute atomic E-state index is 12.3. The normalized spacial score (nSPS) is 21.5. The Hall–Kier alpha value is -1.56. The molecular formula is C16H22N2O3S. The zero-order valence-electron chi connectivity index (χ0n) is 12.9. The zero-order valence-corrected chi connectivity index (χ0v) is 13.7. The van der Waals surface area contributed by atoms with Gasteiger partial charge in [-0.3, -0.25) is 9.10 Å². The number of para-hydroxylation sites is 1. The van der Waals surface area contributed by atoms with E-state index in [1.165, 1.54) is 0 Å². The van der Waals surface area contributed by atoms with Crippen molar-refractivity contribution in [2.75, 3.05) is 29.7 Å². The van der Waals surface area contributed by atoms with Crippen LogP contribution in [-0.4, -0.2) is 44.6 Å². The molecule has 0 spiro atoms. The molecule has 1 fully saturated rings. The van der Waals surface area contributed by atoms with Gasteiger partial charge in [-0.25, -0.2) is 8.42 Å². The third kappa shape index (κ3) is 2.72. The third-order valence-corrected chi connectivity index (χ3v) is 6.40. The van der Waals surface area contributed by atoms with Crippen LogP contribution in [0.3, 0.4) is 0 Å². The molecule has 5 nitrogen and oxygen atoms in total. The Bertz CT molecular complexity index is 672. The topological polar surface area (TPSA) is 57.7 Å². The van der Waals surface area contributed by atoms with Gasteiger partial charge in [0.05, 0.1) is 11.4 Å². The summed E-state index contributed by atoms with van der Waals surface area (Å²) in [6.07, 6.45) is 2.41. The largest absolute Gasteiger partial charge is 0.343 e. The van der Waals surface area contributed by atoms with Crippen molar-refractivity contribution in [3.8, 4) is 0 Å². The molecule has 0 unspecified atom stereocenters. The van der Waals surface area contributed by atoms with Crippen LogP contribution in [0.25, 0.3) is 0 Å². The summed E-state index contributed by atoms with van der Waals surface area (Å²) in [4.78, 5) is 13.6. The monoisotopic (exact) mass is 322 g/mol. The van der Waals surface area contributed by atoms with Crippen LogP contribution in [0.2, 0.25) is 0 Å². The first-order valence-electron chi connectivity index (χ1n) is 7.90. The molecule has 22 heavy (non-hydrogen) atoms. The second kappa shape index (κ2) is 5.91. The highest BCUT2D eigenvalue weighted by Gasteiger charge is 2.35. The molecule has 0 aliphatic carbocycles. The number of hydrogen-bond acceptors (Lipinski definition) is 3. The quantitative estimate of drug-likeness (QED) is 0.832. The molecule has 1 atom stereocenters. The molecule has 1 amide bonds. The molecule has 0 radical (unpaired) electrons. The number of fused-ring (bicyclic) bond motifs is 1. The summed E-state index contributed by atoms with van der Waals surface area (Å²) in [6.45, 7) is 3.73. The van der Waals surface area contributed by atoms with Crippen molar-refractivity contribution < 1.29 is 13.2 Å². The van der Waals surface area contributed by atoms with Gasteiger partial charge < -0.3 is 4.90 Å². The number of amides is 1. The van der Waals surface area contributed by atoms with Crippen LogP contribution in [0.1, 0.15) is 37.7 Å². The Morgan fingerprint density at radius 3 is 2.73 bits per heavy atom. The molecule has 1 aromatic rings. The highest BCUT2D eigenvalue weighted by molar-refractivity contribution is 7.92. The molecule has 0 bridgehead atoms. The lowest BCUT2D eigenvalue weighted by molar-refractivity contribution is -0.127. The SMILES string of the molecule is CCS(=O)(=O)N1C[C@H](CCN2CCCC2=O)c2ccccc21. The number of benzene rings is 1. The van der Waals surface area contributed by atoms with Gasteiger partial charge in [0.1, 0.15) is 0 Å². The van der Waals surface area contributed by atoms with Crippen LogP contribution in [0.4, 0.5) is 5.69 Å². The molecule has 3 rings (SSSR count). The van der Waals surface area contributed by atoms with Crippen molar-refractivity contribution in [3.05, 3.63) is 29.8 Å². The number of likely N-dealkylation sites (tertiary alicyclic amines) is 1. The number of anilines is 1. The summed E-state index contributed by atoms with van der Waals surface area (Å²) in [6, 6.07) is 7.72. The van der Waals surface area contributed by atoms with E-state index in [1.54, 1.807) is 11.2 Å². The van der Waals surface area contributed by atoms with Gasteiger partial charge in [-0.05, 0) is 31.4 Å². The molecule has 2 aliphatic rings. The average Bonchev–Trinajstić information content (AvgIpc) is 3.09. The van der Waals surface area contributed by atoms with Crippen molar-refractivity contribution in [3.63, 3.8) is 0 Å². The molecule has 0 aromatic heterocycles. The Kier molecular flexibility index (Phi) is 4.12. The second-order valence-corrected chi connectivity index (χ2v) is 8.14. The van der Waals surface area contributed by atoms with Crippen LogP contribution >= 0.6 is 0 Å². The first-order chi connectivity index (χ1) is 10.5. The molecule has 1 saturated heterocycles. The van der Waals surface area contributed by atoms with E-state index < -0.39 is 10.0 Å². The summed E-state index contributed by atoms with van der Waals surface area (Å²) in [5.74, 6) is 0.508. The Morgan fingerprint density at radius 2 is 2.05 bits per heavy atom. The van der Waals surface area contributed by atoms with E-state index in [9.17, 15) is 13.2 Å². The van der Waals surface area contributed by atoms with Gasteiger partial charge >= 0.3 is 0 Å². The van der Waals surface area contributed by atoms with E-state index in [0.29, 0.717) is 13.0 Å². The number of sulfonamides is 1. The number of carbonyl (C=O) groups is 1. The fourth-order valence-corrected chi connectivity index (χ4v) is 4.56. The van der Waals surface area contributed by atoms with Crippen molar-refractivity contribution in [2.24, 2.45) is 0 Å². The van der Waals surface area contributed by atoms with E-state index in [2.05, 4.69) is 0 Å². The smallest absolute Gasteiger partial charge is 0.234 e. The van der Waals surface area contributed by atoms with E-state index in [0.717, 1.165) is 37.2 Å². The van der Waals surface area contributed by atoms with Crippen LogP contribution < -0.4 is 4.31 Å². The van der Waals surface area contributed by atoms with Crippen molar-refractivity contribution in [1.29, 1.82) is 0 Å². The third-order valence-electron chi connectivity index (χ3n) is 4.65. The number of rotatable bonds is 5. The first kappa shape index (κ1) is 15.3. The van der Waals surface area contributed by atoms with Crippen LogP contribution in [-0.2, 0) is 14.8 Å². The van der Waals surface area contributed by atoms with Crippen molar-refractivity contribution in [1.82, 2.24) is 4.90 Å². The van der Waals surface area contributed by atoms with Gasteiger partial charge in [0.25, 0.3) is 0 Å². The summed E-state index contributed by atoms with van der Waals surface area (Å²) in [5, 5.41) is 0. The molecule has 2 heterocycles. The first-order valence-corrected chi connectivity index (χ1v) is 9.51. The molecule has 0 saturated carbocycles. The van der Waals surface area contributed by atoms with Gasteiger partial charge in [-0.1, -0.05) is 18.2 Å². The summed E-state index contributed by atoms with van der Waals surface area (Å²) >= 11 is 0. The fourth-order valence-electron chi connectivity index (χ4n) is 3.37. The highest BCUT2D eigenvalue weighted by Crippen LogP contribution is 2.39. The molecular weight excluding hydrogens is 300 g/mol. The summed E-state index contributed by atoms with van der Waals surface area (Å²) in [7, 11) is -3.24. The lowest BCUT2D eigenvalue weighted by Gasteiger charge is -2.20. The molecule has 1 aromatic carbocycles. The highest BCUT2D eigenvalue weighted by atomic mass is 32.2. The zero-order chi connectivity index (χ0) is 15.7. The van der Waals surface area contributed by atoms with Crippen LogP contribution in [0.5, 0.6) is 0 Å². The minimum atomic E-state index is -3.24. The predicted octanol–water partition coefficient (Wildman–Crippen LogP) is 1.95. The van der Waals surface area contributed by atoms with E-state index >= 15 is 0 Å². The van der Waals surface area contributed by atoms with Gasteiger partial charge in [0.2, 0.25) is 15.9 Å². The maximum Gasteiger partial charge on any atom is 0.234 e. The maximum atomic E-state index is 12.3. The molecule has 6 heteroatoms. The lowest BCUT2D eigenvalue weighted by Crippen LogP contribution is -2.32. The molecule has 0 N–H and O–H groups in total. The minimum absolute atomic E-state index is 0.110. The standard InChI is InChI=1S/C16H22N2O3S/c1-2-22(20,21)18-12-13(14-6-3-4-7-15(14)18)9-11-17-10-5-8-16(17)19/h3-4,6-7,13H,2,5,8-12H2,1H3/t13-/m0/s1. The lowest BCUT2D eigenvalue weighted by atomic mass is 9.98. The van der Waals surface area contributed by atoms with Gasteiger partial charge in [-0.2, -0.15) is 0 Å². The van der Waals surface area contributed by atoms with E-state index in [1.807, 2.05) is 29.2 Å². The predicted molar refractivity (Wildman–Crippen MR) is 86.4 cm³/mol. The fraction of sp³-hybridized carbons (Fsp3) is 0.562. The summed E-state index contributed by atoms with van der Waals surface area (Å²) < 4.78 is 26.1. The number of hydrogen-bond donors (Lipinski definition) is 0. The molecule has 2 aliphatic heterocycles. The molecule has 120 valence electrons. The van der Waals surface area contributed by atoms with Crippen LogP contribution in [0.15, 0.2) is 24.3 Å². The number of nitrogens with zero attached hydrogens (tertiary/aromatic N) is 2. The van der Waals surface area contributed by atoms with Crippen LogP contribution in [0, 0.1) is 0 Å². The Balaban J connectivity index is 1.78. The van der Waals surface area contributed by atoms with Gasteiger partial charge in [-0.15, -0.1) is 0 Å². The Labute approximate surface area is 132 Å².